The van der Waals surface area contributed by atoms with Crippen LogP contribution in [0, 0.1) is 6.92 Å². The number of nitrogens with zero attached hydrogens (tertiary/aromatic N) is 2. The number of pyridine rings is 1. The Kier molecular flexibility index (Phi) is 6.80. The Balaban J connectivity index is 1.81. The number of benzene rings is 2. The van der Waals surface area contributed by atoms with E-state index in [4.69, 9.17) is 17.3 Å². The second-order valence-electron chi connectivity index (χ2n) is 8.59. The smallest absolute Gasteiger partial charge is 0.252 e. The highest BCUT2D eigenvalue weighted by Crippen LogP contribution is 2.35. The number of nitrogens with one attached hydrogen (secondary N) is 1. The molecular formula is C23H25ClN4O5S2. The summed E-state index contributed by atoms with van der Waals surface area (Å²) in [5.41, 5.74) is 7.75. The van der Waals surface area contributed by atoms with E-state index in [0.29, 0.717) is 32.9 Å². The van der Waals surface area contributed by atoms with E-state index in [0.717, 1.165) is 6.26 Å². The van der Waals surface area contributed by atoms with Gasteiger partial charge in [-0.2, -0.15) is 0 Å². The minimum absolute atomic E-state index is 0.0814. The summed E-state index contributed by atoms with van der Waals surface area (Å²) in [5.74, 6) is -0.719. The van der Waals surface area contributed by atoms with E-state index < -0.39 is 31.0 Å². The average molecular weight is 537 g/mol. The molecule has 1 fully saturated rings. The van der Waals surface area contributed by atoms with E-state index in [1.807, 2.05) is 0 Å². The summed E-state index contributed by atoms with van der Waals surface area (Å²) in [6, 6.07) is 9.92. The number of amides is 1. The average Bonchev–Trinajstić information content (AvgIpc) is 2.78. The molecule has 2 heterocycles. The summed E-state index contributed by atoms with van der Waals surface area (Å²) in [6.45, 7) is 2.03. The van der Waals surface area contributed by atoms with Crippen molar-refractivity contribution in [2.45, 2.75) is 29.9 Å². The number of anilines is 2. The highest BCUT2D eigenvalue weighted by atomic mass is 35.5. The van der Waals surface area contributed by atoms with Crippen LogP contribution in [-0.2, 0) is 19.9 Å². The molecule has 1 aliphatic heterocycles. The number of aryl methyl sites for hydroxylation is 1. The topological polar surface area (TPSA) is 140 Å². The molecule has 0 saturated carbocycles. The van der Waals surface area contributed by atoms with Crippen LogP contribution in [0.4, 0.5) is 11.4 Å². The van der Waals surface area contributed by atoms with Crippen molar-refractivity contribution in [2.75, 3.05) is 24.7 Å². The van der Waals surface area contributed by atoms with Gasteiger partial charge in [0.2, 0.25) is 10.0 Å². The molecule has 1 saturated heterocycles. The normalized spacial score (nSPS) is 15.9. The molecule has 0 radical (unpaired) electrons. The predicted octanol–water partition coefficient (Wildman–Crippen LogP) is 3.24. The fourth-order valence-corrected chi connectivity index (χ4v) is 7.21. The Bertz CT molecular complexity index is 1530. The van der Waals surface area contributed by atoms with Crippen LogP contribution >= 0.6 is 11.6 Å². The molecule has 12 heteroatoms. The lowest BCUT2D eigenvalue weighted by molar-refractivity contribution is 0.100. The highest BCUT2D eigenvalue weighted by Gasteiger charge is 2.34. The Hall–Kier alpha value is -2.73. The molecule has 3 N–H and O–H groups in total. The number of primary amides is 1. The summed E-state index contributed by atoms with van der Waals surface area (Å²) >= 11 is 6.10. The number of sulfone groups is 1. The van der Waals surface area contributed by atoms with E-state index in [1.54, 1.807) is 37.3 Å². The van der Waals surface area contributed by atoms with E-state index in [9.17, 15) is 21.6 Å². The highest BCUT2D eigenvalue weighted by molar-refractivity contribution is 7.92. The van der Waals surface area contributed by atoms with Crippen LogP contribution in [0.25, 0.3) is 10.9 Å². The Morgan fingerprint density at radius 1 is 1.14 bits per heavy atom. The fourth-order valence-electron chi connectivity index (χ4n) is 4.31. The monoisotopic (exact) mass is 536 g/mol. The van der Waals surface area contributed by atoms with Gasteiger partial charge in [0.25, 0.3) is 5.91 Å². The zero-order valence-corrected chi connectivity index (χ0v) is 21.5. The third-order valence-electron chi connectivity index (χ3n) is 6.13. The van der Waals surface area contributed by atoms with Crippen molar-refractivity contribution in [3.63, 3.8) is 0 Å². The third kappa shape index (κ3) is 5.13. The van der Waals surface area contributed by atoms with Crippen molar-refractivity contribution in [3.8, 4) is 0 Å². The number of piperidine rings is 1. The molecule has 0 bridgehead atoms. The number of nitrogens with two attached hydrogens (primary N) is 1. The van der Waals surface area contributed by atoms with E-state index in [1.165, 1.54) is 16.6 Å². The molecule has 0 atom stereocenters. The maximum Gasteiger partial charge on any atom is 0.252 e. The van der Waals surface area contributed by atoms with Gasteiger partial charge in [-0.15, -0.1) is 0 Å². The number of rotatable bonds is 6. The molecule has 186 valence electrons. The second kappa shape index (κ2) is 9.38. The Labute approximate surface area is 209 Å². The molecule has 9 nitrogen and oxygen atoms in total. The molecule has 1 amide bonds. The summed E-state index contributed by atoms with van der Waals surface area (Å²) in [6.07, 6.45) is 2.87. The van der Waals surface area contributed by atoms with Gasteiger partial charge < -0.3 is 11.1 Å². The molecule has 1 aliphatic rings. The number of sulfonamides is 1. The van der Waals surface area contributed by atoms with Gasteiger partial charge in [-0.3, -0.25) is 9.78 Å². The molecule has 4 rings (SSSR count). The van der Waals surface area contributed by atoms with Gasteiger partial charge in [-0.05, 0) is 55.7 Å². The van der Waals surface area contributed by atoms with E-state index in [2.05, 4.69) is 10.3 Å². The van der Waals surface area contributed by atoms with Gasteiger partial charge >= 0.3 is 0 Å². The number of carbonyl (C=O) groups is 1. The van der Waals surface area contributed by atoms with E-state index in [-0.39, 0.29) is 36.4 Å². The standard InChI is InChI=1S/C23H25ClN4O5S2/c1-14-10-18(35(32,33)17-6-8-28(9-7-17)34(2,30)31)12-19-21(14)26-13-20(23(25)29)22(19)27-16-5-3-4-15(24)11-16/h3-5,10-13,17H,6-9H2,1-2H3,(H2,25,29)(H,26,27). The maximum absolute atomic E-state index is 13.6. The number of halogens is 1. The van der Waals surface area contributed by atoms with Crippen molar-refractivity contribution in [1.29, 1.82) is 0 Å². The van der Waals surface area contributed by atoms with Gasteiger partial charge in [0.15, 0.2) is 9.84 Å². The Morgan fingerprint density at radius 2 is 1.83 bits per heavy atom. The summed E-state index contributed by atoms with van der Waals surface area (Å²) in [5, 5.41) is 3.33. The molecule has 0 spiro atoms. The first-order chi connectivity index (χ1) is 16.4. The van der Waals surface area contributed by atoms with Gasteiger partial charge in [0.05, 0.1) is 33.2 Å². The predicted molar refractivity (Wildman–Crippen MR) is 136 cm³/mol. The third-order valence-corrected chi connectivity index (χ3v) is 9.91. The number of hydrogen-bond acceptors (Lipinski definition) is 7. The molecule has 2 aromatic carbocycles. The Morgan fingerprint density at radius 3 is 2.43 bits per heavy atom. The quantitative estimate of drug-likeness (QED) is 0.493. The van der Waals surface area contributed by atoms with Crippen molar-refractivity contribution < 1.29 is 21.6 Å². The summed E-state index contributed by atoms with van der Waals surface area (Å²) < 4.78 is 52.0. The molecule has 3 aromatic rings. The first-order valence-electron chi connectivity index (χ1n) is 10.8. The van der Waals surface area contributed by atoms with Gasteiger partial charge in [0, 0.05) is 35.4 Å². The molecule has 1 aromatic heterocycles. The van der Waals surface area contributed by atoms with Crippen molar-refractivity contribution in [1.82, 2.24) is 9.29 Å². The van der Waals surface area contributed by atoms with Crippen LogP contribution in [0.2, 0.25) is 5.02 Å². The van der Waals surface area contributed by atoms with Crippen molar-refractivity contribution in [2.24, 2.45) is 5.73 Å². The van der Waals surface area contributed by atoms with Crippen LogP contribution in [0.1, 0.15) is 28.8 Å². The van der Waals surface area contributed by atoms with Crippen LogP contribution in [0.5, 0.6) is 0 Å². The van der Waals surface area contributed by atoms with Crippen molar-refractivity contribution >= 4 is 59.6 Å². The zero-order chi connectivity index (χ0) is 25.5. The minimum Gasteiger partial charge on any atom is -0.365 e. The number of aromatic nitrogens is 1. The number of fused-ring (bicyclic) bond motifs is 1. The lowest BCUT2D eigenvalue weighted by Gasteiger charge is -2.30. The van der Waals surface area contributed by atoms with Gasteiger partial charge in [-0.1, -0.05) is 17.7 Å². The lowest BCUT2D eigenvalue weighted by Crippen LogP contribution is -2.42. The molecule has 35 heavy (non-hydrogen) atoms. The second-order valence-corrected chi connectivity index (χ2v) is 13.2. The zero-order valence-electron chi connectivity index (χ0n) is 19.2. The first kappa shape index (κ1) is 25.4. The largest absolute Gasteiger partial charge is 0.365 e. The van der Waals surface area contributed by atoms with Crippen LogP contribution in [-0.4, -0.2) is 56.6 Å². The summed E-state index contributed by atoms with van der Waals surface area (Å²) in [7, 11) is -7.17. The minimum atomic E-state index is -3.79. The lowest BCUT2D eigenvalue weighted by atomic mass is 10.1. The maximum atomic E-state index is 13.6. The van der Waals surface area contributed by atoms with Crippen LogP contribution < -0.4 is 11.1 Å². The van der Waals surface area contributed by atoms with Crippen LogP contribution in [0.3, 0.4) is 0 Å². The van der Waals surface area contributed by atoms with Gasteiger partial charge in [0.1, 0.15) is 0 Å². The SMILES string of the molecule is Cc1cc(S(=O)(=O)C2CCN(S(C)(=O)=O)CC2)cc2c(Nc3cccc(Cl)c3)c(C(N)=O)cnc12. The van der Waals surface area contributed by atoms with Crippen molar-refractivity contribution in [3.05, 3.63) is 58.7 Å². The molecular weight excluding hydrogens is 512 g/mol. The van der Waals surface area contributed by atoms with E-state index >= 15 is 0 Å². The molecule has 0 aliphatic carbocycles. The first-order valence-corrected chi connectivity index (χ1v) is 14.6. The molecule has 0 unspecified atom stereocenters. The summed E-state index contributed by atoms with van der Waals surface area (Å²) in [4.78, 5) is 16.6. The van der Waals surface area contributed by atoms with Crippen LogP contribution in [0.15, 0.2) is 47.5 Å². The fraction of sp³-hybridized carbons (Fsp3) is 0.304. The number of carbonyl (C=O) groups excluding carboxylic acids is 1. The van der Waals surface area contributed by atoms with Gasteiger partial charge in [-0.25, -0.2) is 21.1 Å². The number of hydrogen-bond donors (Lipinski definition) is 2.